The minimum atomic E-state index is -0.147. The molecule has 0 unspecified atom stereocenters. The molecule has 2 fully saturated rings. The van der Waals surface area contributed by atoms with Gasteiger partial charge in [-0.25, -0.2) is 0 Å². The van der Waals surface area contributed by atoms with Crippen LogP contribution < -0.4 is 4.90 Å². The van der Waals surface area contributed by atoms with Gasteiger partial charge in [-0.2, -0.15) is 5.26 Å². The van der Waals surface area contributed by atoms with Gasteiger partial charge in [0.15, 0.2) is 0 Å². The molecule has 0 spiro atoms. The number of benzene rings is 1. The lowest BCUT2D eigenvalue weighted by molar-refractivity contribution is -0.141. The summed E-state index contributed by atoms with van der Waals surface area (Å²) in [5.41, 5.74) is 0.744. The van der Waals surface area contributed by atoms with Crippen LogP contribution in [-0.4, -0.2) is 60.2 Å². The van der Waals surface area contributed by atoms with Crippen LogP contribution in [0.2, 0.25) is 0 Å². The molecule has 7 nitrogen and oxygen atoms in total. The van der Waals surface area contributed by atoms with Crippen molar-refractivity contribution in [2.24, 2.45) is 5.92 Å². The monoisotopic (exact) mass is 438 g/mol. The van der Waals surface area contributed by atoms with Crippen LogP contribution in [-0.2, 0) is 14.4 Å². The Morgan fingerprint density at radius 3 is 2.19 bits per heavy atom. The molecular formula is C25H34N4O3. The third-order valence-electron chi connectivity index (χ3n) is 6.48. The molecule has 2 saturated heterocycles. The summed E-state index contributed by atoms with van der Waals surface area (Å²) in [6.07, 6.45) is 6.50. The fourth-order valence-electron chi connectivity index (χ4n) is 4.60. The molecule has 32 heavy (non-hydrogen) atoms. The van der Waals surface area contributed by atoms with Gasteiger partial charge in [0, 0.05) is 57.2 Å². The predicted molar refractivity (Wildman–Crippen MR) is 123 cm³/mol. The van der Waals surface area contributed by atoms with Crippen molar-refractivity contribution in [3.63, 3.8) is 0 Å². The van der Waals surface area contributed by atoms with Crippen molar-refractivity contribution < 1.29 is 14.4 Å². The molecule has 1 aromatic rings. The van der Waals surface area contributed by atoms with Gasteiger partial charge >= 0.3 is 0 Å². The quantitative estimate of drug-likeness (QED) is 0.653. The minimum absolute atomic E-state index is 0.0123. The van der Waals surface area contributed by atoms with Gasteiger partial charge in [-0.3, -0.25) is 14.4 Å². The van der Waals surface area contributed by atoms with Gasteiger partial charge in [0.05, 0.1) is 12.5 Å². The smallest absolute Gasteiger partial charge is 0.227 e. The van der Waals surface area contributed by atoms with Crippen LogP contribution in [0.4, 0.5) is 5.69 Å². The Kier molecular flexibility index (Phi) is 9.09. The Labute approximate surface area is 191 Å². The standard InChI is InChI=1S/C25H34N4O3/c26-15-8-18-29(22-9-4-3-5-10-22)24(31)12-11-23(30)27-19-13-21(14-20-27)25(32)28-16-6-1-2-7-17-28/h3-5,9-10,21H,1-2,6-8,11-14,16-20H2. The van der Waals surface area contributed by atoms with Crippen LogP contribution in [0.3, 0.4) is 0 Å². The van der Waals surface area contributed by atoms with Gasteiger partial charge in [-0.15, -0.1) is 0 Å². The number of carbonyl (C=O) groups excluding carboxylic acids is 3. The normalized spacial score (nSPS) is 17.3. The van der Waals surface area contributed by atoms with Crippen LogP contribution in [0.25, 0.3) is 0 Å². The molecule has 3 amide bonds. The molecule has 1 aromatic carbocycles. The fourth-order valence-corrected chi connectivity index (χ4v) is 4.60. The van der Waals surface area contributed by atoms with E-state index in [1.165, 1.54) is 12.8 Å². The van der Waals surface area contributed by atoms with E-state index >= 15 is 0 Å². The van der Waals surface area contributed by atoms with Crippen molar-refractivity contribution in [3.05, 3.63) is 30.3 Å². The van der Waals surface area contributed by atoms with E-state index in [1.54, 1.807) is 9.80 Å². The molecule has 2 heterocycles. The van der Waals surface area contributed by atoms with Crippen molar-refractivity contribution in [2.75, 3.05) is 37.6 Å². The number of amides is 3. The largest absolute Gasteiger partial charge is 0.343 e. The molecule has 0 saturated carbocycles. The number of rotatable bonds is 7. The van der Waals surface area contributed by atoms with Gasteiger partial charge in [-0.05, 0) is 37.8 Å². The maximum atomic E-state index is 12.8. The highest BCUT2D eigenvalue weighted by Crippen LogP contribution is 2.23. The first-order valence-electron chi connectivity index (χ1n) is 11.9. The summed E-state index contributed by atoms with van der Waals surface area (Å²) in [5, 5.41) is 8.91. The van der Waals surface area contributed by atoms with Crippen molar-refractivity contribution in [1.29, 1.82) is 5.26 Å². The lowest BCUT2D eigenvalue weighted by Gasteiger charge is -2.34. The summed E-state index contributed by atoms with van der Waals surface area (Å²) in [6.45, 7) is 3.20. The number of nitriles is 1. The van der Waals surface area contributed by atoms with Crippen LogP contribution in [0, 0.1) is 17.2 Å². The molecule has 0 N–H and O–H groups in total. The zero-order valence-electron chi connectivity index (χ0n) is 18.9. The van der Waals surface area contributed by atoms with E-state index in [9.17, 15) is 14.4 Å². The molecule has 0 atom stereocenters. The average molecular weight is 439 g/mol. The van der Waals surface area contributed by atoms with E-state index in [2.05, 4.69) is 6.07 Å². The zero-order chi connectivity index (χ0) is 22.8. The Morgan fingerprint density at radius 2 is 1.56 bits per heavy atom. The number of likely N-dealkylation sites (tertiary alicyclic amines) is 2. The van der Waals surface area contributed by atoms with Crippen LogP contribution in [0.5, 0.6) is 0 Å². The molecule has 3 rings (SSSR count). The molecule has 0 aromatic heterocycles. The first-order valence-corrected chi connectivity index (χ1v) is 11.9. The SMILES string of the molecule is N#CCCN(C(=O)CCC(=O)N1CCC(C(=O)N2CCCCCC2)CC1)c1ccccc1. The van der Waals surface area contributed by atoms with Crippen LogP contribution >= 0.6 is 0 Å². The Hall–Kier alpha value is -2.88. The lowest BCUT2D eigenvalue weighted by atomic mass is 9.94. The lowest BCUT2D eigenvalue weighted by Crippen LogP contribution is -2.45. The summed E-state index contributed by atoms with van der Waals surface area (Å²) in [5.74, 6) is 0.0850. The highest BCUT2D eigenvalue weighted by molar-refractivity contribution is 5.95. The van der Waals surface area contributed by atoms with Crippen molar-refractivity contribution in [2.45, 2.75) is 57.8 Å². The number of anilines is 1. The minimum Gasteiger partial charge on any atom is -0.343 e. The highest BCUT2D eigenvalue weighted by Gasteiger charge is 2.30. The first kappa shape index (κ1) is 23.8. The first-order chi connectivity index (χ1) is 15.6. The highest BCUT2D eigenvalue weighted by atomic mass is 16.2. The fraction of sp³-hybridized carbons (Fsp3) is 0.600. The van der Waals surface area contributed by atoms with Crippen molar-refractivity contribution in [1.82, 2.24) is 9.80 Å². The Morgan fingerprint density at radius 1 is 0.906 bits per heavy atom. The predicted octanol–water partition coefficient (Wildman–Crippen LogP) is 3.35. The van der Waals surface area contributed by atoms with E-state index in [0.29, 0.717) is 32.5 Å². The summed E-state index contributed by atoms with van der Waals surface area (Å²) in [4.78, 5) is 43.7. The number of carbonyl (C=O) groups is 3. The van der Waals surface area contributed by atoms with Gasteiger partial charge in [-0.1, -0.05) is 31.0 Å². The van der Waals surface area contributed by atoms with Crippen LogP contribution in [0.1, 0.15) is 57.8 Å². The van der Waals surface area contributed by atoms with E-state index < -0.39 is 0 Å². The molecule has 0 radical (unpaired) electrons. The van der Waals surface area contributed by atoms with E-state index in [0.717, 1.165) is 31.6 Å². The van der Waals surface area contributed by atoms with E-state index in [4.69, 9.17) is 5.26 Å². The maximum Gasteiger partial charge on any atom is 0.227 e. The summed E-state index contributed by atoms with van der Waals surface area (Å²) in [7, 11) is 0. The van der Waals surface area contributed by atoms with Crippen molar-refractivity contribution in [3.8, 4) is 6.07 Å². The van der Waals surface area contributed by atoms with Gasteiger partial charge in [0.25, 0.3) is 0 Å². The van der Waals surface area contributed by atoms with Gasteiger partial charge < -0.3 is 14.7 Å². The number of hydrogen-bond donors (Lipinski definition) is 0. The van der Waals surface area contributed by atoms with E-state index in [1.807, 2.05) is 35.2 Å². The number of nitrogens with zero attached hydrogens (tertiary/aromatic N) is 4. The topological polar surface area (TPSA) is 84.7 Å². The average Bonchev–Trinajstić information content (AvgIpc) is 3.13. The third-order valence-corrected chi connectivity index (χ3v) is 6.48. The second kappa shape index (κ2) is 12.2. The Balaban J connectivity index is 1.46. The van der Waals surface area contributed by atoms with Gasteiger partial charge in [0.1, 0.15) is 0 Å². The number of piperidine rings is 1. The number of hydrogen-bond acceptors (Lipinski definition) is 4. The second-order valence-corrected chi connectivity index (χ2v) is 8.68. The molecule has 7 heteroatoms. The van der Waals surface area contributed by atoms with Crippen LogP contribution in [0.15, 0.2) is 30.3 Å². The van der Waals surface area contributed by atoms with E-state index in [-0.39, 0.29) is 42.9 Å². The molecule has 0 bridgehead atoms. The maximum absolute atomic E-state index is 12.8. The Bertz CT molecular complexity index is 804. The molecular weight excluding hydrogens is 404 g/mol. The molecule has 2 aliphatic rings. The molecule has 172 valence electrons. The second-order valence-electron chi connectivity index (χ2n) is 8.68. The summed E-state index contributed by atoms with van der Waals surface area (Å²) in [6, 6.07) is 11.3. The summed E-state index contributed by atoms with van der Waals surface area (Å²) < 4.78 is 0. The molecule has 2 aliphatic heterocycles. The van der Waals surface area contributed by atoms with Gasteiger partial charge in [0.2, 0.25) is 17.7 Å². The molecule has 0 aliphatic carbocycles. The third kappa shape index (κ3) is 6.56. The van der Waals surface area contributed by atoms with Crippen molar-refractivity contribution >= 4 is 23.4 Å². The summed E-state index contributed by atoms with van der Waals surface area (Å²) >= 11 is 0. The zero-order valence-corrected chi connectivity index (χ0v) is 18.9. The number of para-hydroxylation sites is 1.